The maximum Gasteiger partial charge on any atom is 1.00 e. The predicted octanol–water partition coefficient (Wildman–Crippen LogP) is 0.425. The first-order chi connectivity index (χ1) is 2.77. The zero-order valence-electron chi connectivity index (χ0n) is 3.83. The zero-order chi connectivity index (χ0) is 4.99. The van der Waals surface area contributed by atoms with Gasteiger partial charge >= 0.3 is 17.1 Å². The van der Waals surface area contributed by atoms with Crippen LogP contribution >= 0.6 is 12.2 Å². The first-order valence-corrected chi connectivity index (χ1v) is 2.54. The third kappa shape index (κ3) is 10.8. The molecule has 0 fully saturated rings. The number of rotatable bonds is 1. The summed E-state index contributed by atoms with van der Waals surface area (Å²) in [6.45, 7) is 2.79. The SMILES string of the molecule is CCNC(=S)[S-].[Cu+]. The maximum absolute atomic E-state index is 4.50. The monoisotopic (exact) mass is 183 g/mol. The van der Waals surface area contributed by atoms with E-state index in [1.54, 1.807) is 0 Å². The maximum atomic E-state index is 4.50. The molecule has 0 unspecified atom stereocenters. The van der Waals surface area contributed by atoms with E-state index in [4.69, 9.17) is 0 Å². The van der Waals surface area contributed by atoms with Crippen molar-refractivity contribution in [3.8, 4) is 0 Å². The molecule has 1 N–H and O–H groups in total. The summed E-state index contributed by atoms with van der Waals surface area (Å²) >= 11 is 9.00. The van der Waals surface area contributed by atoms with E-state index in [0.717, 1.165) is 6.54 Å². The second-order valence-corrected chi connectivity index (χ2v) is 1.89. The third-order valence-electron chi connectivity index (χ3n) is 0.321. The van der Waals surface area contributed by atoms with Gasteiger partial charge in [-0.05, 0) is 6.92 Å². The quantitative estimate of drug-likeness (QED) is 0.360. The largest absolute Gasteiger partial charge is 1.00 e. The summed E-state index contributed by atoms with van der Waals surface area (Å²) in [6, 6.07) is 0. The second-order valence-electron chi connectivity index (χ2n) is 0.818. The summed E-state index contributed by atoms with van der Waals surface area (Å²) in [7, 11) is 0. The van der Waals surface area contributed by atoms with Crippen molar-refractivity contribution in [3.63, 3.8) is 0 Å². The molecule has 0 spiro atoms. The Hall–Kier alpha value is 0.629. The summed E-state index contributed by atoms with van der Waals surface area (Å²) in [4.78, 5) is 0. The summed E-state index contributed by atoms with van der Waals surface area (Å²) in [5.41, 5.74) is 0. The minimum Gasteiger partial charge on any atom is -0.412 e. The van der Waals surface area contributed by atoms with Crippen molar-refractivity contribution in [2.75, 3.05) is 6.54 Å². The molecule has 0 saturated heterocycles. The molecule has 0 atom stereocenters. The van der Waals surface area contributed by atoms with Crippen molar-refractivity contribution in [1.82, 2.24) is 5.32 Å². The van der Waals surface area contributed by atoms with Crippen LogP contribution in [0.4, 0.5) is 0 Å². The van der Waals surface area contributed by atoms with Gasteiger partial charge < -0.3 is 30.2 Å². The van der Waals surface area contributed by atoms with E-state index in [2.05, 4.69) is 30.2 Å². The van der Waals surface area contributed by atoms with Crippen LogP contribution in [0, 0.1) is 0 Å². The summed E-state index contributed by atoms with van der Waals surface area (Å²) in [6.07, 6.45) is 0. The molecule has 0 aliphatic heterocycles. The smallest absolute Gasteiger partial charge is 0.412 e. The number of thiocarbonyl (C=S) groups is 1. The van der Waals surface area contributed by atoms with Gasteiger partial charge in [0, 0.05) is 6.54 Å². The molecule has 0 aliphatic carbocycles. The molecule has 0 radical (unpaired) electrons. The van der Waals surface area contributed by atoms with Crippen LogP contribution in [0.3, 0.4) is 0 Å². The Bertz CT molecular complexity index is 56.9. The number of hydrogen-bond acceptors (Lipinski definition) is 2. The van der Waals surface area contributed by atoms with Crippen LogP contribution in [0.5, 0.6) is 0 Å². The molecule has 0 saturated carbocycles. The molecule has 0 aromatic carbocycles. The van der Waals surface area contributed by atoms with Gasteiger partial charge in [0.15, 0.2) is 0 Å². The van der Waals surface area contributed by atoms with Crippen molar-refractivity contribution < 1.29 is 17.1 Å². The molecular formula is C3H6CuNS2. The van der Waals surface area contributed by atoms with Gasteiger partial charge in [0.25, 0.3) is 0 Å². The Morgan fingerprint density at radius 1 is 1.86 bits per heavy atom. The molecule has 0 amide bonds. The Balaban J connectivity index is 0. The van der Waals surface area contributed by atoms with Crippen molar-refractivity contribution in [2.45, 2.75) is 6.92 Å². The van der Waals surface area contributed by atoms with Gasteiger partial charge in [-0.3, -0.25) is 0 Å². The molecule has 0 heterocycles. The molecule has 0 bridgehead atoms. The topological polar surface area (TPSA) is 12.0 Å². The van der Waals surface area contributed by atoms with Gasteiger partial charge in [0.05, 0.1) is 0 Å². The van der Waals surface area contributed by atoms with Crippen LogP contribution in [-0.2, 0) is 29.7 Å². The van der Waals surface area contributed by atoms with Crippen LogP contribution < -0.4 is 5.32 Å². The van der Waals surface area contributed by atoms with Crippen LogP contribution in [0.2, 0.25) is 0 Å². The van der Waals surface area contributed by atoms with Gasteiger partial charge in [-0.1, -0.05) is 4.32 Å². The van der Waals surface area contributed by atoms with E-state index in [-0.39, 0.29) is 17.1 Å². The fraction of sp³-hybridized carbons (Fsp3) is 0.667. The van der Waals surface area contributed by atoms with E-state index in [9.17, 15) is 0 Å². The molecule has 0 aromatic rings. The summed E-state index contributed by atoms with van der Waals surface area (Å²) in [5, 5.41) is 2.75. The zero-order valence-corrected chi connectivity index (χ0v) is 6.40. The normalized spacial score (nSPS) is 6.43. The Kier molecular flexibility index (Phi) is 10.0. The second kappa shape index (κ2) is 6.63. The fourth-order valence-electron chi connectivity index (χ4n) is 0.144. The predicted molar refractivity (Wildman–Crippen MR) is 33.6 cm³/mol. The van der Waals surface area contributed by atoms with Gasteiger partial charge in [0.1, 0.15) is 0 Å². The van der Waals surface area contributed by atoms with Crippen molar-refractivity contribution in [2.24, 2.45) is 0 Å². The van der Waals surface area contributed by atoms with Gasteiger partial charge in [-0.25, -0.2) is 0 Å². The first-order valence-electron chi connectivity index (χ1n) is 1.72. The molecule has 46 valence electrons. The van der Waals surface area contributed by atoms with Crippen molar-refractivity contribution >= 4 is 29.2 Å². The minimum atomic E-state index is 0. The molecule has 4 heteroatoms. The first kappa shape index (κ1) is 10.6. The summed E-state index contributed by atoms with van der Waals surface area (Å²) < 4.78 is 0.456. The van der Waals surface area contributed by atoms with Gasteiger partial charge in [0.2, 0.25) is 0 Å². The van der Waals surface area contributed by atoms with Crippen LogP contribution in [0.25, 0.3) is 0 Å². The van der Waals surface area contributed by atoms with Crippen LogP contribution in [0.1, 0.15) is 6.92 Å². The van der Waals surface area contributed by atoms with Gasteiger partial charge in [-0.2, -0.15) is 0 Å². The molecule has 0 rings (SSSR count). The van der Waals surface area contributed by atoms with E-state index >= 15 is 0 Å². The average Bonchev–Trinajstić information content (AvgIpc) is 1.35. The van der Waals surface area contributed by atoms with E-state index < -0.39 is 0 Å². The fourth-order valence-corrected chi connectivity index (χ4v) is 0.433. The van der Waals surface area contributed by atoms with Crippen LogP contribution in [0.15, 0.2) is 0 Å². The van der Waals surface area contributed by atoms with Crippen molar-refractivity contribution in [1.29, 1.82) is 0 Å². The number of hydrogen-bond donors (Lipinski definition) is 1. The van der Waals surface area contributed by atoms with Gasteiger partial charge in [-0.15, -0.1) is 0 Å². The molecule has 0 aliphatic rings. The Morgan fingerprint density at radius 3 is 2.29 bits per heavy atom. The summed E-state index contributed by atoms with van der Waals surface area (Å²) in [5.74, 6) is 0. The third-order valence-corrected chi connectivity index (χ3v) is 0.610. The van der Waals surface area contributed by atoms with E-state index in [1.807, 2.05) is 6.92 Å². The van der Waals surface area contributed by atoms with E-state index in [0.29, 0.717) is 4.32 Å². The average molecular weight is 184 g/mol. The Labute approximate surface area is 65.1 Å². The standard InChI is InChI=1S/C3H7NS2.Cu/c1-2-4-3(5)6;/h2H2,1H3,(H2,4,5,6);/q;+1/p-1. The minimum absolute atomic E-state index is 0. The number of nitrogens with one attached hydrogen (secondary N) is 1. The molecule has 1 nitrogen and oxygen atoms in total. The molecular weight excluding hydrogens is 178 g/mol. The molecule has 7 heavy (non-hydrogen) atoms. The van der Waals surface area contributed by atoms with E-state index in [1.165, 1.54) is 0 Å². The Morgan fingerprint density at radius 2 is 2.29 bits per heavy atom. The van der Waals surface area contributed by atoms with Crippen molar-refractivity contribution in [3.05, 3.63) is 0 Å². The van der Waals surface area contributed by atoms with Crippen LogP contribution in [-0.4, -0.2) is 10.9 Å². The molecule has 0 aromatic heterocycles.